The van der Waals surface area contributed by atoms with Crippen LogP contribution in [0.2, 0.25) is 0 Å². The number of hydrogen-bond acceptors (Lipinski definition) is 4. The molecule has 1 heterocycles. The molecular weight excluding hydrogens is 330 g/mol. The quantitative estimate of drug-likeness (QED) is 0.725. The molecule has 0 spiro atoms. The van der Waals surface area contributed by atoms with Crippen LogP contribution in [-0.4, -0.2) is 20.2 Å². The van der Waals surface area contributed by atoms with E-state index in [1.54, 1.807) is 4.68 Å². The van der Waals surface area contributed by atoms with Crippen molar-refractivity contribution in [2.24, 2.45) is 0 Å². The van der Waals surface area contributed by atoms with Crippen LogP contribution in [0.15, 0.2) is 40.9 Å². The van der Waals surface area contributed by atoms with Crippen molar-refractivity contribution in [2.75, 3.05) is 5.73 Å². The van der Waals surface area contributed by atoms with E-state index in [1.807, 2.05) is 50.2 Å². The van der Waals surface area contributed by atoms with Crippen LogP contribution < -0.4 is 5.73 Å². The largest absolute Gasteiger partial charge is 0.398 e. The van der Waals surface area contributed by atoms with Gasteiger partial charge in [0.1, 0.15) is 0 Å². The lowest BCUT2D eigenvalue weighted by Crippen LogP contribution is -2.02. The fraction of sp³-hybridized carbons (Fsp3) is 0.133. The monoisotopic (exact) mass is 343 g/mol. The van der Waals surface area contributed by atoms with E-state index in [0.29, 0.717) is 11.5 Å². The second-order valence-corrected chi connectivity index (χ2v) is 5.79. The molecule has 6 heteroatoms. The molecule has 3 aromatic rings. The van der Waals surface area contributed by atoms with Crippen molar-refractivity contribution in [3.8, 4) is 17.1 Å². The first-order chi connectivity index (χ1) is 10.1. The summed E-state index contributed by atoms with van der Waals surface area (Å²) in [7, 11) is 0. The van der Waals surface area contributed by atoms with Gasteiger partial charge >= 0.3 is 0 Å². The van der Waals surface area contributed by atoms with Gasteiger partial charge in [-0.1, -0.05) is 33.6 Å². The molecule has 0 aliphatic rings. The number of aryl methyl sites for hydroxylation is 2. The first-order valence-electron chi connectivity index (χ1n) is 6.47. The second kappa shape index (κ2) is 5.29. The molecule has 5 nitrogen and oxygen atoms in total. The van der Waals surface area contributed by atoms with Crippen LogP contribution in [0.3, 0.4) is 0 Å². The Kier molecular flexibility index (Phi) is 3.47. The topological polar surface area (TPSA) is 69.6 Å². The minimum atomic E-state index is 0.631. The summed E-state index contributed by atoms with van der Waals surface area (Å²) in [5.41, 5.74) is 10.7. The van der Waals surface area contributed by atoms with Gasteiger partial charge in [-0.05, 0) is 54.1 Å². The van der Waals surface area contributed by atoms with Gasteiger partial charge in [0.2, 0.25) is 0 Å². The minimum absolute atomic E-state index is 0.631. The highest BCUT2D eigenvalue weighted by atomic mass is 79.9. The number of hydrogen-bond donors (Lipinski definition) is 1. The van der Waals surface area contributed by atoms with Crippen LogP contribution in [0.25, 0.3) is 17.1 Å². The Hall–Kier alpha value is -2.21. The zero-order chi connectivity index (χ0) is 15.0. The number of aromatic nitrogens is 4. The molecule has 0 saturated carbocycles. The zero-order valence-corrected chi connectivity index (χ0v) is 13.3. The predicted octanol–water partition coefficient (Wildman–Crippen LogP) is 3.29. The first-order valence-corrected chi connectivity index (χ1v) is 7.27. The van der Waals surface area contributed by atoms with E-state index < -0.39 is 0 Å². The maximum absolute atomic E-state index is 6.06. The van der Waals surface area contributed by atoms with Crippen LogP contribution in [0, 0.1) is 13.8 Å². The van der Waals surface area contributed by atoms with Crippen molar-refractivity contribution in [1.82, 2.24) is 20.2 Å². The molecule has 0 radical (unpaired) electrons. The summed E-state index contributed by atoms with van der Waals surface area (Å²) in [5, 5.41) is 12.0. The number of nitrogens with zero attached hydrogens (tertiary/aromatic N) is 4. The smallest absolute Gasteiger partial charge is 0.189 e. The van der Waals surface area contributed by atoms with Crippen molar-refractivity contribution >= 4 is 21.6 Å². The number of nitrogens with two attached hydrogens (primary N) is 1. The Balaban J connectivity index is 2.17. The molecule has 0 fully saturated rings. The van der Waals surface area contributed by atoms with Gasteiger partial charge in [0.05, 0.1) is 5.69 Å². The first kappa shape index (κ1) is 13.8. The fourth-order valence-electron chi connectivity index (χ4n) is 2.11. The summed E-state index contributed by atoms with van der Waals surface area (Å²) in [6, 6.07) is 11.8. The Morgan fingerprint density at radius 3 is 2.67 bits per heavy atom. The molecule has 0 unspecified atom stereocenters. The number of nitrogen functional groups attached to an aromatic ring is 1. The second-order valence-electron chi connectivity index (χ2n) is 4.94. The van der Waals surface area contributed by atoms with Crippen molar-refractivity contribution in [3.05, 3.63) is 52.0 Å². The van der Waals surface area contributed by atoms with Crippen molar-refractivity contribution in [1.29, 1.82) is 0 Å². The summed E-state index contributed by atoms with van der Waals surface area (Å²) >= 11 is 3.53. The third-order valence-electron chi connectivity index (χ3n) is 3.32. The van der Waals surface area contributed by atoms with Gasteiger partial charge in [-0.25, -0.2) is 0 Å². The van der Waals surface area contributed by atoms with E-state index in [1.165, 1.54) is 0 Å². The van der Waals surface area contributed by atoms with Gasteiger partial charge in [0.15, 0.2) is 5.82 Å². The predicted molar refractivity (Wildman–Crippen MR) is 86.2 cm³/mol. The van der Waals surface area contributed by atoms with E-state index in [0.717, 1.165) is 26.9 Å². The van der Waals surface area contributed by atoms with Gasteiger partial charge in [-0.2, -0.15) is 4.68 Å². The highest BCUT2D eigenvalue weighted by Crippen LogP contribution is 2.27. The Morgan fingerprint density at radius 2 is 1.90 bits per heavy atom. The van der Waals surface area contributed by atoms with E-state index in [4.69, 9.17) is 5.73 Å². The lowest BCUT2D eigenvalue weighted by atomic mass is 10.1. The molecule has 3 rings (SSSR count). The molecule has 2 aromatic carbocycles. The highest BCUT2D eigenvalue weighted by Gasteiger charge is 2.14. The fourth-order valence-corrected chi connectivity index (χ4v) is 2.47. The molecule has 0 aliphatic carbocycles. The van der Waals surface area contributed by atoms with Gasteiger partial charge < -0.3 is 5.73 Å². The third-order valence-corrected chi connectivity index (χ3v) is 4.17. The average molecular weight is 344 g/mol. The minimum Gasteiger partial charge on any atom is -0.398 e. The van der Waals surface area contributed by atoms with Crippen LogP contribution in [-0.2, 0) is 0 Å². The van der Waals surface area contributed by atoms with E-state index in [-0.39, 0.29) is 0 Å². The normalized spacial score (nSPS) is 10.8. The molecule has 21 heavy (non-hydrogen) atoms. The summed E-state index contributed by atoms with van der Waals surface area (Å²) in [6.45, 7) is 4.05. The molecule has 2 N–H and O–H groups in total. The van der Waals surface area contributed by atoms with Gasteiger partial charge in [0.25, 0.3) is 0 Å². The summed E-state index contributed by atoms with van der Waals surface area (Å²) in [6.07, 6.45) is 0. The summed E-state index contributed by atoms with van der Waals surface area (Å²) in [4.78, 5) is 0. The van der Waals surface area contributed by atoms with Crippen LogP contribution in [0.1, 0.15) is 11.1 Å². The SMILES string of the molecule is Cc1ccc(N)c(-c2nnnn2-c2ccc(C)c(Br)c2)c1. The van der Waals surface area contributed by atoms with E-state index in [9.17, 15) is 0 Å². The van der Waals surface area contributed by atoms with Gasteiger partial charge in [-0.15, -0.1) is 5.10 Å². The van der Waals surface area contributed by atoms with Crippen LogP contribution in [0.4, 0.5) is 5.69 Å². The molecular formula is C15H14BrN5. The number of benzene rings is 2. The standard InChI is InChI=1S/C15H14BrN5/c1-9-3-6-14(17)12(7-9)15-18-19-20-21(15)11-5-4-10(2)13(16)8-11/h3-8H,17H2,1-2H3. The maximum atomic E-state index is 6.06. The van der Waals surface area contributed by atoms with Gasteiger partial charge in [0, 0.05) is 15.7 Å². The van der Waals surface area contributed by atoms with Crippen molar-refractivity contribution in [2.45, 2.75) is 13.8 Å². The molecule has 1 aromatic heterocycles. The number of tetrazole rings is 1. The van der Waals surface area contributed by atoms with Crippen molar-refractivity contribution in [3.63, 3.8) is 0 Å². The number of rotatable bonds is 2. The van der Waals surface area contributed by atoms with E-state index in [2.05, 4.69) is 31.5 Å². The third kappa shape index (κ3) is 2.54. The Bertz CT molecular complexity index is 810. The Labute approximate surface area is 130 Å². The van der Waals surface area contributed by atoms with Crippen LogP contribution >= 0.6 is 15.9 Å². The maximum Gasteiger partial charge on any atom is 0.189 e. The van der Waals surface area contributed by atoms with Crippen molar-refractivity contribution < 1.29 is 0 Å². The lowest BCUT2D eigenvalue weighted by molar-refractivity contribution is 0.790. The average Bonchev–Trinajstić information content (AvgIpc) is 2.93. The molecule has 106 valence electrons. The lowest BCUT2D eigenvalue weighted by Gasteiger charge is -2.09. The molecule has 0 saturated heterocycles. The summed E-state index contributed by atoms with van der Waals surface area (Å²) < 4.78 is 2.70. The molecule has 0 bridgehead atoms. The molecule has 0 aliphatic heterocycles. The van der Waals surface area contributed by atoms with E-state index >= 15 is 0 Å². The number of anilines is 1. The zero-order valence-electron chi connectivity index (χ0n) is 11.7. The Morgan fingerprint density at radius 1 is 1.10 bits per heavy atom. The summed E-state index contributed by atoms with van der Waals surface area (Å²) in [5.74, 6) is 0.631. The van der Waals surface area contributed by atoms with Gasteiger partial charge in [-0.3, -0.25) is 0 Å². The number of halogens is 1. The van der Waals surface area contributed by atoms with Crippen LogP contribution in [0.5, 0.6) is 0 Å². The molecule has 0 amide bonds. The molecule has 0 atom stereocenters. The highest BCUT2D eigenvalue weighted by molar-refractivity contribution is 9.10.